The van der Waals surface area contributed by atoms with Crippen LogP contribution in [0.1, 0.15) is 51.3 Å². The molecule has 4 aliphatic rings. The lowest BCUT2D eigenvalue weighted by Crippen LogP contribution is -2.59. The van der Waals surface area contributed by atoms with Gasteiger partial charge in [0, 0.05) is 25.2 Å². The number of nitrogens with zero attached hydrogens (tertiary/aromatic N) is 3. The van der Waals surface area contributed by atoms with E-state index in [-0.39, 0.29) is 24.3 Å². The molecule has 1 N–H and O–H groups in total. The molecular formula is C35H41N3O5. The Labute approximate surface area is 253 Å². The molecule has 0 bridgehead atoms. The zero-order valence-corrected chi connectivity index (χ0v) is 25.3. The van der Waals surface area contributed by atoms with Gasteiger partial charge < -0.3 is 24.5 Å². The molecule has 0 aromatic heterocycles. The molecule has 3 amide bonds. The van der Waals surface area contributed by atoms with Gasteiger partial charge in [-0.2, -0.15) is 0 Å². The maximum atomic E-state index is 14.9. The van der Waals surface area contributed by atoms with Crippen LogP contribution in [0, 0.1) is 11.8 Å². The third kappa shape index (κ3) is 4.54. The first-order chi connectivity index (χ1) is 20.6. The van der Waals surface area contributed by atoms with Gasteiger partial charge in [-0.15, -0.1) is 0 Å². The summed E-state index contributed by atoms with van der Waals surface area (Å²) >= 11 is 0. The Balaban J connectivity index is 1.51. The van der Waals surface area contributed by atoms with Gasteiger partial charge >= 0.3 is 0 Å². The predicted molar refractivity (Wildman–Crippen MR) is 162 cm³/mol. The van der Waals surface area contributed by atoms with Crippen molar-refractivity contribution in [2.45, 2.75) is 69.5 Å². The second-order valence-corrected chi connectivity index (χ2v) is 13.1. The zero-order chi connectivity index (χ0) is 30.6. The van der Waals surface area contributed by atoms with Gasteiger partial charge in [-0.3, -0.25) is 14.4 Å². The maximum absolute atomic E-state index is 14.9. The summed E-state index contributed by atoms with van der Waals surface area (Å²) in [5.41, 5.74) is -1.26. The lowest BCUT2D eigenvalue weighted by Gasteiger charge is -2.43. The van der Waals surface area contributed by atoms with E-state index in [9.17, 15) is 19.5 Å². The molecule has 6 rings (SSSR count). The van der Waals surface area contributed by atoms with E-state index in [1.807, 2.05) is 113 Å². The van der Waals surface area contributed by atoms with Gasteiger partial charge in [0.15, 0.2) is 0 Å². The highest BCUT2D eigenvalue weighted by molar-refractivity contribution is 6.00. The van der Waals surface area contributed by atoms with Gasteiger partial charge in [-0.25, -0.2) is 0 Å². The van der Waals surface area contributed by atoms with Crippen LogP contribution in [-0.2, 0) is 25.7 Å². The largest absolute Gasteiger partial charge is 0.394 e. The van der Waals surface area contributed by atoms with Gasteiger partial charge in [-0.05, 0) is 38.3 Å². The molecule has 0 radical (unpaired) electrons. The van der Waals surface area contributed by atoms with Crippen molar-refractivity contribution >= 4 is 17.7 Å². The number of rotatable bonds is 6. The number of carbonyl (C=O) groups is 3. The standard InChI is InChI=1S/C35H41N3O5/c1-5-34-18-12-20-36(22-24-14-8-6-9-15-24)30(40)27(34)28-31(41)38(26(23-39)25-16-10-7-11-17-25)29-32(42)37(33(2,3)4)21-13-19-35(28,29)43-34/h6-19,26-29,39H,5,20-23H2,1-4H3/t26-,27-,28+,29?,34+,35+/m1/s1. The van der Waals surface area contributed by atoms with Crippen LogP contribution in [0.3, 0.4) is 0 Å². The van der Waals surface area contributed by atoms with E-state index in [2.05, 4.69) is 0 Å². The number of likely N-dealkylation sites (tertiary alicyclic amines) is 1. The summed E-state index contributed by atoms with van der Waals surface area (Å²) < 4.78 is 7.10. The van der Waals surface area contributed by atoms with Crippen LogP contribution in [0.15, 0.2) is 85.0 Å². The van der Waals surface area contributed by atoms with E-state index in [0.29, 0.717) is 26.1 Å². The average Bonchev–Trinajstić information content (AvgIpc) is 3.28. The van der Waals surface area contributed by atoms with Crippen LogP contribution in [0.4, 0.5) is 0 Å². The normalized spacial score (nSPS) is 31.0. The Bertz CT molecular complexity index is 1450. The monoisotopic (exact) mass is 583 g/mol. The quantitative estimate of drug-likeness (QED) is 0.522. The smallest absolute Gasteiger partial charge is 0.249 e. The van der Waals surface area contributed by atoms with Crippen LogP contribution in [0.2, 0.25) is 0 Å². The summed E-state index contributed by atoms with van der Waals surface area (Å²) in [5.74, 6) is -2.53. The van der Waals surface area contributed by atoms with Crippen LogP contribution in [0.25, 0.3) is 0 Å². The summed E-state index contributed by atoms with van der Waals surface area (Å²) in [6, 6.07) is 17.2. The van der Waals surface area contributed by atoms with Crippen molar-refractivity contribution in [1.29, 1.82) is 0 Å². The van der Waals surface area contributed by atoms with Crippen molar-refractivity contribution in [3.8, 4) is 0 Å². The Kier molecular flexibility index (Phi) is 7.33. The fourth-order valence-corrected chi connectivity index (χ4v) is 7.66. The number of fused-ring (bicyclic) bond motifs is 2. The molecule has 2 fully saturated rings. The highest BCUT2D eigenvalue weighted by atomic mass is 16.5. The van der Waals surface area contributed by atoms with Crippen molar-refractivity contribution in [2.24, 2.45) is 11.8 Å². The molecule has 2 saturated heterocycles. The second-order valence-electron chi connectivity index (χ2n) is 13.1. The summed E-state index contributed by atoms with van der Waals surface area (Å²) in [6.45, 7) is 8.64. The van der Waals surface area contributed by atoms with Gasteiger partial charge in [0.25, 0.3) is 0 Å². The van der Waals surface area contributed by atoms with Crippen LogP contribution in [0.5, 0.6) is 0 Å². The van der Waals surface area contributed by atoms with Gasteiger partial charge in [0.1, 0.15) is 11.6 Å². The molecule has 43 heavy (non-hydrogen) atoms. The Morgan fingerprint density at radius 3 is 2.16 bits per heavy atom. The molecule has 0 saturated carbocycles. The fraction of sp³-hybridized carbons (Fsp3) is 0.457. The SMILES string of the molecule is CC[C@]12C=CCN(Cc3ccccc3)C(=O)[C@H]1[C@H]1C(=O)N([C@H](CO)c3ccccc3)C3C(=O)N(C(C)(C)C)CC=C[C@@]31O2. The number of hydrogen-bond donors (Lipinski definition) is 1. The molecule has 1 unspecified atom stereocenters. The third-order valence-corrected chi connectivity index (χ3v) is 9.68. The first-order valence-corrected chi connectivity index (χ1v) is 15.3. The third-order valence-electron chi connectivity index (χ3n) is 9.68. The number of hydrogen-bond acceptors (Lipinski definition) is 5. The van der Waals surface area contributed by atoms with E-state index in [0.717, 1.165) is 11.1 Å². The molecule has 1 spiro atoms. The second kappa shape index (κ2) is 10.8. The first-order valence-electron chi connectivity index (χ1n) is 15.3. The molecule has 8 nitrogen and oxygen atoms in total. The van der Waals surface area contributed by atoms with Crippen molar-refractivity contribution in [3.63, 3.8) is 0 Å². The summed E-state index contributed by atoms with van der Waals surface area (Å²) in [6.07, 6.45) is 8.16. The Morgan fingerprint density at radius 2 is 1.53 bits per heavy atom. The van der Waals surface area contributed by atoms with E-state index in [4.69, 9.17) is 4.74 Å². The summed E-state index contributed by atoms with van der Waals surface area (Å²) in [5, 5.41) is 10.8. The number of aliphatic hydroxyl groups excluding tert-OH is 1. The van der Waals surface area contributed by atoms with E-state index >= 15 is 0 Å². The van der Waals surface area contributed by atoms with Crippen molar-refractivity contribution in [3.05, 3.63) is 96.1 Å². The Morgan fingerprint density at radius 1 is 0.884 bits per heavy atom. The average molecular weight is 584 g/mol. The molecule has 0 aliphatic carbocycles. The molecule has 8 heteroatoms. The number of aliphatic hydroxyl groups is 1. The van der Waals surface area contributed by atoms with Gasteiger partial charge in [-0.1, -0.05) is 91.9 Å². The molecule has 4 heterocycles. The van der Waals surface area contributed by atoms with Crippen LogP contribution in [-0.4, -0.2) is 80.0 Å². The lowest BCUT2D eigenvalue weighted by atomic mass is 9.73. The first kappa shape index (κ1) is 29.3. The van der Waals surface area contributed by atoms with Crippen molar-refractivity contribution in [1.82, 2.24) is 14.7 Å². The minimum atomic E-state index is -1.38. The number of ether oxygens (including phenoxy) is 1. The maximum Gasteiger partial charge on any atom is 0.249 e. The van der Waals surface area contributed by atoms with E-state index < -0.39 is 40.7 Å². The molecule has 6 atom stereocenters. The topological polar surface area (TPSA) is 90.4 Å². The molecule has 2 aromatic rings. The molecular weight excluding hydrogens is 542 g/mol. The number of amides is 3. The highest BCUT2D eigenvalue weighted by Gasteiger charge is 2.76. The Hall–Kier alpha value is -3.75. The fourth-order valence-electron chi connectivity index (χ4n) is 7.66. The molecule has 226 valence electrons. The lowest BCUT2D eigenvalue weighted by molar-refractivity contribution is -0.159. The summed E-state index contributed by atoms with van der Waals surface area (Å²) in [7, 11) is 0. The van der Waals surface area contributed by atoms with E-state index in [1.54, 1.807) is 9.80 Å². The minimum absolute atomic E-state index is 0.162. The van der Waals surface area contributed by atoms with Crippen LogP contribution < -0.4 is 0 Å². The molecule has 2 aromatic carbocycles. The number of benzene rings is 2. The predicted octanol–water partition coefficient (Wildman–Crippen LogP) is 3.88. The molecule has 4 aliphatic heterocycles. The highest BCUT2D eigenvalue weighted by Crippen LogP contribution is 2.60. The van der Waals surface area contributed by atoms with Gasteiger partial charge in [0.05, 0.1) is 30.1 Å². The van der Waals surface area contributed by atoms with Crippen molar-refractivity contribution in [2.75, 3.05) is 19.7 Å². The van der Waals surface area contributed by atoms with Crippen molar-refractivity contribution < 1.29 is 24.2 Å². The number of carbonyl (C=O) groups excluding carboxylic acids is 3. The van der Waals surface area contributed by atoms with Gasteiger partial charge in [0.2, 0.25) is 17.7 Å². The van der Waals surface area contributed by atoms with E-state index in [1.165, 1.54) is 4.90 Å². The minimum Gasteiger partial charge on any atom is -0.394 e. The van der Waals surface area contributed by atoms with Crippen LogP contribution >= 0.6 is 0 Å². The zero-order valence-electron chi connectivity index (χ0n) is 25.3. The summed E-state index contributed by atoms with van der Waals surface area (Å²) in [4.78, 5) is 49.3.